The molecule has 3 amide bonds. The highest BCUT2D eigenvalue weighted by Gasteiger charge is 2.26. The van der Waals surface area contributed by atoms with Gasteiger partial charge in [0.1, 0.15) is 6.04 Å². The topological polar surface area (TPSA) is 153 Å². The number of rotatable bonds is 10. The van der Waals surface area contributed by atoms with Crippen molar-refractivity contribution in [2.45, 2.75) is 32.4 Å². The van der Waals surface area contributed by atoms with Gasteiger partial charge in [-0.15, -0.1) is 22.7 Å². The fourth-order valence-electron chi connectivity index (χ4n) is 3.68. The Bertz CT molecular complexity index is 1440. The van der Waals surface area contributed by atoms with Crippen LogP contribution in [0.15, 0.2) is 48.0 Å². The number of aromatic nitrogens is 2. The highest BCUT2D eigenvalue weighted by molar-refractivity contribution is 7.16. The first-order valence-corrected chi connectivity index (χ1v) is 13.1. The number of carboxylic acid groups (broad SMARTS) is 1. The number of aromatic amines is 1. The molecule has 4 aromatic rings. The number of thiophene rings is 2. The Balaban J connectivity index is 1.45. The molecule has 0 aliphatic carbocycles. The molecule has 0 spiro atoms. The molecule has 0 radical (unpaired) electrons. The molecule has 0 aliphatic heterocycles. The number of benzene rings is 1. The average Bonchev–Trinajstić information content (AvgIpc) is 3.64. The van der Waals surface area contributed by atoms with Crippen LogP contribution in [0.3, 0.4) is 0 Å². The first kappa shape index (κ1) is 26.0. The molecule has 0 saturated heterocycles. The van der Waals surface area contributed by atoms with Crippen molar-refractivity contribution in [2.24, 2.45) is 0 Å². The standard InChI is InChI=1S/C25H25N5O5S2/c1-13(2)15-9-20(23(32)26-10-14-5-3-6-17-16(14)11-28-30-17)37-21(15)24(33)29-18(25(34)35)12-27-22(31)19-7-4-8-36-19/h3-9,11,13,18H,10,12H2,1-2H3,(H,26,32)(H,27,31)(H,28,30)(H,29,33)(H,34,35)/t18-/m0/s1. The molecule has 12 heteroatoms. The Labute approximate surface area is 220 Å². The van der Waals surface area contributed by atoms with Crippen LogP contribution in [0.1, 0.15) is 59.9 Å². The van der Waals surface area contributed by atoms with Gasteiger partial charge in [0.2, 0.25) is 0 Å². The molecule has 0 fully saturated rings. The van der Waals surface area contributed by atoms with Crippen LogP contribution in [-0.4, -0.2) is 51.6 Å². The van der Waals surface area contributed by atoms with Crippen LogP contribution in [-0.2, 0) is 11.3 Å². The summed E-state index contributed by atoms with van der Waals surface area (Å²) >= 11 is 2.23. The van der Waals surface area contributed by atoms with Gasteiger partial charge in [-0.3, -0.25) is 19.5 Å². The molecule has 0 saturated carbocycles. The minimum Gasteiger partial charge on any atom is -0.480 e. The number of carboxylic acids is 1. The van der Waals surface area contributed by atoms with E-state index in [1.54, 1.807) is 29.8 Å². The van der Waals surface area contributed by atoms with Gasteiger partial charge in [0.25, 0.3) is 17.7 Å². The fraction of sp³-hybridized carbons (Fsp3) is 0.240. The molecule has 3 heterocycles. The van der Waals surface area contributed by atoms with Gasteiger partial charge in [-0.2, -0.15) is 5.10 Å². The van der Waals surface area contributed by atoms with Crippen molar-refractivity contribution in [3.05, 3.63) is 73.7 Å². The second-order valence-corrected chi connectivity index (χ2v) is 10.5. The van der Waals surface area contributed by atoms with E-state index in [-0.39, 0.29) is 29.8 Å². The van der Waals surface area contributed by atoms with E-state index >= 15 is 0 Å². The number of carbonyl (C=O) groups is 4. The lowest BCUT2D eigenvalue weighted by atomic mass is 10.0. The zero-order valence-corrected chi connectivity index (χ0v) is 21.7. The second-order valence-electron chi connectivity index (χ2n) is 8.53. The number of H-pyrrole nitrogens is 1. The van der Waals surface area contributed by atoms with Crippen molar-refractivity contribution >= 4 is 57.3 Å². The number of hydrogen-bond donors (Lipinski definition) is 5. The van der Waals surface area contributed by atoms with Crippen molar-refractivity contribution in [1.82, 2.24) is 26.1 Å². The predicted octanol–water partition coefficient (Wildman–Crippen LogP) is 3.35. The van der Waals surface area contributed by atoms with Gasteiger partial charge in [-0.05, 0) is 40.6 Å². The number of aliphatic carboxylic acids is 1. The summed E-state index contributed by atoms with van der Waals surface area (Å²) in [4.78, 5) is 51.0. The summed E-state index contributed by atoms with van der Waals surface area (Å²) in [7, 11) is 0. The molecule has 0 bridgehead atoms. The van der Waals surface area contributed by atoms with Crippen LogP contribution in [0, 0.1) is 0 Å². The molecular formula is C25H25N5O5S2. The van der Waals surface area contributed by atoms with Gasteiger partial charge in [0.15, 0.2) is 0 Å². The quantitative estimate of drug-likeness (QED) is 0.208. The number of hydrogen-bond acceptors (Lipinski definition) is 7. The maximum absolute atomic E-state index is 13.1. The molecule has 0 unspecified atom stereocenters. The van der Waals surface area contributed by atoms with Crippen molar-refractivity contribution in [3.8, 4) is 0 Å². The van der Waals surface area contributed by atoms with Gasteiger partial charge < -0.3 is 21.1 Å². The van der Waals surface area contributed by atoms with Crippen LogP contribution in [0.25, 0.3) is 10.9 Å². The van der Waals surface area contributed by atoms with Gasteiger partial charge in [0, 0.05) is 18.5 Å². The van der Waals surface area contributed by atoms with E-state index < -0.39 is 23.8 Å². The largest absolute Gasteiger partial charge is 0.480 e. The Kier molecular flexibility index (Phi) is 7.99. The minimum atomic E-state index is -1.34. The van der Waals surface area contributed by atoms with Gasteiger partial charge in [-0.25, -0.2) is 4.79 Å². The molecule has 10 nitrogen and oxygen atoms in total. The smallest absolute Gasteiger partial charge is 0.328 e. The van der Waals surface area contributed by atoms with Gasteiger partial charge >= 0.3 is 5.97 Å². The Morgan fingerprint density at radius 1 is 1.03 bits per heavy atom. The first-order chi connectivity index (χ1) is 17.7. The third-order valence-corrected chi connectivity index (χ3v) is 7.66. The van der Waals surface area contributed by atoms with Crippen LogP contribution >= 0.6 is 22.7 Å². The normalized spacial score (nSPS) is 11.9. The molecule has 4 rings (SSSR count). The monoisotopic (exact) mass is 539 g/mol. The van der Waals surface area contributed by atoms with Gasteiger partial charge in [0.05, 0.1) is 26.3 Å². The molecule has 0 aliphatic rings. The van der Waals surface area contributed by atoms with Gasteiger partial charge in [-0.1, -0.05) is 32.0 Å². The number of fused-ring (bicyclic) bond motifs is 1. The van der Waals surface area contributed by atoms with E-state index in [4.69, 9.17) is 0 Å². The van der Waals surface area contributed by atoms with Crippen LogP contribution in [0.4, 0.5) is 0 Å². The maximum atomic E-state index is 13.1. The third kappa shape index (κ3) is 6.04. The highest BCUT2D eigenvalue weighted by Crippen LogP contribution is 2.29. The Hall–Kier alpha value is -4.03. The lowest BCUT2D eigenvalue weighted by molar-refractivity contribution is -0.139. The van der Waals surface area contributed by atoms with Crippen LogP contribution in [0.5, 0.6) is 0 Å². The maximum Gasteiger partial charge on any atom is 0.328 e. The van der Waals surface area contributed by atoms with E-state index in [9.17, 15) is 24.3 Å². The number of amides is 3. The third-order valence-electron chi connectivity index (χ3n) is 5.64. The number of carbonyl (C=O) groups excluding carboxylic acids is 3. The summed E-state index contributed by atoms with van der Waals surface area (Å²) in [5.74, 6) is -2.74. The lowest BCUT2D eigenvalue weighted by Crippen LogP contribution is -2.48. The Morgan fingerprint density at radius 3 is 2.51 bits per heavy atom. The summed E-state index contributed by atoms with van der Waals surface area (Å²) in [6, 6.07) is 9.31. The fourth-order valence-corrected chi connectivity index (χ4v) is 5.46. The SMILES string of the molecule is CC(C)c1cc(C(=O)NCc2cccc3[nH]ncc23)sc1C(=O)N[C@@H](CNC(=O)c1cccs1)C(=O)O. The van der Waals surface area contributed by atoms with Crippen LogP contribution in [0.2, 0.25) is 0 Å². The molecule has 37 heavy (non-hydrogen) atoms. The van der Waals surface area contributed by atoms with Crippen LogP contribution < -0.4 is 16.0 Å². The van der Waals surface area contributed by atoms with Crippen molar-refractivity contribution in [1.29, 1.82) is 0 Å². The second kappa shape index (κ2) is 11.4. The summed E-state index contributed by atoms with van der Waals surface area (Å²) < 4.78 is 0. The summed E-state index contributed by atoms with van der Waals surface area (Å²) in [6.07, 6.45) is 1.70. The lowest BCUT2D eigenvalue weighted by Gasteiger charge is -2.15. The first-order valence-electron chi connectivity index (χ1n) is 11.4. The van der Waals surface area contributed by atoms with E-state index in [1.807, 2.05) is 32.0 Å². The molecule has 1 aromatic carbocycles. The van der Waals surface area contributed by atoms with Crippen molar-refractivity contribution in [3.63, 3.8) is 0 Å². The minimum absolute atomic E-state index is 0.0833. The number of nitrogens with one attached hydrogen (secondary N) is 4. The predicted molar refractivity (Wildman–Crippen MR) is 141 cm³/mol. The van der Waals surface area contributed by atoms with E-state index in [1.165, 1.54) is 11.3 Å². The van der Waals surface area contributed by atoms with Crippen molar-refractivity contribution in [2.75, 3.05) is 6.54 Å². The Morgan fingerprint density at radius 2 is 1.81 bits per heavy atom. The average molecular weight is 540 g/mol. The summed E-state index contributed by atoms with van der Waals surface area (Å²) in [5, 5.41) is 27.0. The highest BCUT2D eigenvalue weighted by atomic mass is 32.1. The van der Waals surface area contributed by atoms with E-state index in [0.29, 0.717) is 15.3 Å². The van der Waals surface area contributed by atoms with E-state index in [2.05, 4.69) is 26.1 Å². The van der Waals surface area contributed by atoms with E-state index in [0.717, 1.165) is 27.8 Å². The van der Waals surface area contributed by atoms with Crippen molar-refractivity contribution < 1.29 is 24.3 Å². The zero-order chi connectivity index (χ0) is 26.5. The summed E-state index contributed by atoms with van der Waals surface area (Å²) in [5.41, 5.74) is 2.40. The molecular weight excluding hydrogens is 514 g/mol. The molecule has 1 atom stereocenters. The molecule has 192 valence electrons. The molecule has 3 aromatic heterocycles. The zero-order valence-electron chi connectivity index (χ0n) is 20.0. The molecule has 5 N–H and O–H groups in total. The summed E-state index contributed by atoms with van der Waals surface area (Å²) in [6.45, 7) is 3.76. The number of nitrogens with zero attached hydrogens (tertiary/aromatic N) is 1.